The smallest absolute Gasteiger partial charge is 0.259 e. The molecule has 0 atom stereocenters. The average molecular weight is 277 g/mol. The van der Waals surface area contributed by atoms with E-state index in [1.807, 2.05) is 6.07 Å². The molecule has 0 radical (unpaired) electrons. The van der Waals surface area contributed by atoms with Crippen molar-refractivity contribution in [2.24, 2.45) is 0 Å². The number of benzene rings is 1. The van der Waals surface area contributed by atoms with Crippen molar-refractivity contribution in [2.45, 2.75) is 0 Å². The third kappa shape index (κ3) is 2.85. The minimum absolute atomic E-state index is 0.194. The van der Waals surface area contributed by atoms with Crippen LogP contribution in [0.25, 0.3) is 0 Å². The zero-order valence-corrected chi connectivity index (χ0v) is 11.4. The van der Waals surface area contributed by atoms with Gasteiger partial charge in [0, 0.05) is 13.2 Å². The Bertz CT molecular complexity index is 587. The minimum atomic E-state index is -0.194. The largest absolute Gasteiger partial charge is 0.497 e. The van der Waals surface area contributed by atoms with Crippen molar-refractivity contribution in [3.05, 3.63) is 53.3 Å². The lowest BCUT2D eigenvalue weighted by molar-refractivity contribution is 0.0993. The van der Waals surface area contributed by atoms with Crippen molar-refractivity contribution in [3.63, 3.8) is 0 Å². The van der Waals surface area contributed by atoms with Gasteiger partial charge in [-0.05, 0) is 30.3 Å². The number of nitrogens with zero attached hydrogens (tertiary/aromatic N) is 2. The highest BCUT2D eigenvalue weighted by Crippen LogP contribution is 2.24. The molecule has 1 aromatic carbocycles. The molecule has 1 heterocycles. The zero-order valence-electron chi connectivity index (χ0n) is 10.6. The van der Waals surface area contributed by atoms with Crippen LogP contribution in [0.2, 0.25) is 5.02 Å². The van der Waals surface area contributed by atoms with Crippen LogP contribution in [0.15, 0.2) is 42.7 Å². The molecule has 0 unspecified atom stereocenters. The number of pyridine rings is 1. The Labute approximate surface area is 116 Å². The third-order valence-corrected chi connectivity index (χ3v) is 3.06. The van der Waals surface area contributed by atoms with E-state index in [1.54, 1.807) is 50.8 Å². The summed E-state index contributed by atoms with van der Waals surface area (Å²) in [5, 5.41) is 0.361. The Morgan fingerprint density at radius 1 is 1.37 bits per heavy atom. The van der Waals surface area contributed by atoms with E-state index in [9.17, 15) is 4.79 Å². The highest BCUT2D eigenvalue weighted by Gasteiger charge is 2.17. The van der Waals surface area contributed by atoms with Gasteiger partial charge in [0.25, 0.3) is 5.91 Å². The van der Waals surface area contributed by atoms with Crippen LogP contribution in [0.4, 0.5) is 5.69 Å². The summed E-state index contributed by atoms with van der Waals surface area (Å²) < 4.78 is 5.06. The first-order chi connectivity index (χ1) is 9.13. The average Bonchev–Trinajstić information content (AvgIpc) is 2.46. The van der Waals surface area contributed by atoms with Gasteiger partial charge in [-0.25, -0.2) is 0 Å². The maximum absolute atomic E-state index is 12.3. The Hall–Kier alpha value is -2.07. The summed E-state index contributed by atoms with van der Waals surface area (Å²) in [5.74, 6) is 0.422. The number of ether oxygens (including phenoxy) is 1. The first kappa shape index (κ1) is 13.4. The lowest BCUT2D eigenvalue weighted by Crippen LogP contribution is -2.26. The number of methoxy groups -OCH3 is 1. The number of hydrogen-bond acceptors (Lipinski definition) is 3. The number of amides is 1. The Morgan fingerprint density at radius 2 is 2.16 bits per heavy atom. The molecule has 4 nitrogen and oxygen atoms in total. The van der Waals surface area contributed by atoms with Crippen molar-refractivity contribution >= 4 is 23.2 Å². The highest BCUT2D eigenvalue weighted by atomic mass is 35.5. The number of carbonyl (C=O) groups excluding carboxylic acids is 1. The fourth-order valence-electron chi connectivity index (χ4n) is 1.65. The van der Waals surface area contributed by atoms with E-state index in [0.29, 0.717) is 22.0 Å². The molecule has 2 rings (SSSR count). The van der Waals surface area contributed by atoms with Crippen LogP contribution in [0.5, 0.6) is 5.75 Å². The predicted molar refractivity (Wildman–Crippen MR) is 75.0 cm³/mol. The van der Waals surface area contributed by atoms with Gasteiger partial charge in [-0.3, -0.25) is 9.78 Å². The first-order valence-electron chi connectivity index (χ1n) is 5.65. The van der Waals surface area contributed by atoms with Gasteiger partial charge in [-0.15, -0.1) is 0 Å². The predicted octanol–water partition coefficient (Wildman–Crippen LogP) is 3.02. The number of carbonyl (C=O) groups is 1. The normalized spacial score (nSPS) is 10.1. The SMILES string of the molecule is COc1ccc(C(=O)N(C)c2cccnc2)c(Cl)c1. The molecule has 0 spiro atoms. The molecule has 0 fully saturated rings. The Kier molecular flexibility index (Phi) is 4.02. The molecule has 1 aromatic heterocycles. The minimum Gasteiger partial charge on any atom is -0.497 e. The van der Waals surface area contributed by atoms with Crippen LogP contribution < -0.4 is 9.64 Å². The molecular formula is C14H13ClN2O2. The van der Waals surface area contributed by atoms with Crippen LogP contribution in [0, 0.1) is 0 Å². The lowest BCUT2D eigenvalue weighted by Gasteiger charge is -2.17. The van der Waals surface area contributed by atoms with Crippen LogP contribution in [-0.2, 0) is 0 Å². The summed E-state index contributed by atoms with van der Waals surface area (Å²) in [6.07, 6.45) is 3.28. The van der Waals surface area contributed by atoms with Crippen LogP contribution in [-0.4, -0.2) is 25.0 Å². The first-order valence-corrected chi connectivity index (χ1v) is 6.03. The zero-order chi connectivity index (χ0) is 13.8. The second-order valence-corrected chi connectivity index (χ2v) is 4.33. The maximum Gasteiger partial charge on any atom is 0.259 e. The quantitative estimate of drug-likeness (QED) is 0.865. The van der Waals surface area contributed by atoms with E-state index in [2.05, 4.69) is 4.98 Å². The van der Waals surface area contributed by atoms with Gasteiger partial charge >= 0.3 is 0 Å². The second-order valence-electron chi connectivity index (χ2n) is 3.92. The molecule has 0 aliphatic rings. The van der Waals surface area contributed by atoms with Crippen LogP contribution in [0.1, 0.15) is 10.4 Å². The van der Waals surface area contributed by atoms with Gasteiger partial charge in [0.05, 0.1) is 29.6 Å². The molecule has 2 aromatic rings. The molecule has 0 saturated heterocycles. The molecule has 1 amide bonds. The maximum atomic E-state index is 12.3. The van der Waals surface area contributed by atoms with E-state index >= 15 is 0 Å². The molecule has 98 valence electrons. The van der Waals surface area contributed by atoms with Crippen molar-refractivity contribution in [3.8, 4) is 5.75 Å². The summed E-state index contributed by atoms with van der Waals surface area (Å²) in [4.78, 5) is 17.8. The van der Waals surface area contributed by atoms with Gasteiger partial charge in [0.15, 0.2) is 0 Å². The van der Waals surface area contributed by atoms with Gasteiger partial charge in [-0.1, -0.05) is 11.6 Å². The van der Waals surface area contributed by atoms with E-state index < -0.39 is 0 Å². The molecule has 0 N–H and O–H groups in total. The summed E-state index contributed by atoms with van der Waals surface area (Å²) in [7, 11) is 3.23. The number of halogens is 1. The van der Waals surface area contributed by atoms with E-state index in [1.165, 1.54) is 4.90 Å². The van der Waals surface area contributed by atoms with Crippen LogP contribution >= 0.6 is 11.6 Å². The Balaban J connectivity index is 2.29. The number of hydrogen-bond donors (Lipinski definition) is 0. The van der Waals surface area contributed by atoms with Gasteiger partial charge in [0.1, 0.15) is 5.75 Å². The summed E-state index contributed by atoms with van der Waals surface area (Å²) in [5.41, 5.74) is 1.13. The molecule has 0 aliphatic heterocycles. The van der Waals surface area contributed by atoms with E-state index in [0.717, 1.165) is 0 Å². The molecule has 0 saturated carbocycles. The fraction of sp³-hybridized carbons (Fsp3) is 0.143. The van der Waals surface area contributed by atoms with Gasteiger partial charge in [-0.2, -0.15) is 0 Å². The Morgan fingerprint density at radius 3 is 2.74 bits per heavy atom. The van der Waals surface area contributed by atoms with E-state index in [4.69, 9.17) is 16.3 Å². The summed E-state index contributed by atoms with van der Waals surface area (Å²) >= 11 is 6.09. The number of anilines is 1. The monoisotopic (exact) mass is 276 g/mol. The lowest BCUT2D eigenvalue weighted by atomic mass is 10.2. The highest BCUT2D eigenvalue weighted by molar-refractivity contribution is 6.34. The molecule has 19 heavy (non-hydrogen) atoms. The summed E-state index contributed by atoms with van der Waals surface area (Å²) in [6, 6.07) is 8.55. The van der Waals surface area contributed by atoms with Crippen molar-refractivity contribution in [1.29, 1.82) is 0 Å². The van der Waals surface area contributed by atoms with Gasteiger partial charge in [0.2, 0.25) is 0 Å². The molecule has 5 heteroatoms. The third-order valence-electron chi connectivity index (χ3n) is 2.74. The van der Waals surface area contributed by atoms with Crippen LogP contribution in [0.3, 0.4) is 0 Å². The number of rotatable bonds is 3. The fourth-order valence-corrected chi connectivity index (χ4v) is 1.90. The standard InChI is InChI=1S/C14H13ClN2O2/c1-17(10-4-3-7-16-9-10)14(18)12-6-5-11(19-2)8-13(12)15/h3-9H,1-2H3. The molecular weight excluding hydrogens is 264 g/mol. The van der Waals surface area contributed by atoms with Gasteiger partial charge < -0.3 is 9.64 Å². The molecule has 0 aliphatic carbocycles. The van der Waals surface area contributed by atoms with Crippen molar-refractivity contribution < 1.29 is 9.53 Å². The van der Waals surface area contributed by atoms with Crippen molar-refractivity contribution in [2.75, 3.05) is 19.1 Å². The van der Waals surface area contributed by atoms with Crippen molar-refractivity contribution in [1.82, 2.24) is 4.98 Å². The summed E-state index contributed by atoms with van der Waals surface area (Å²) in [6.45, 7) is 0. The number of aromatic nitrogens is 1. The second kappa shape index (κ2) is 5.71. The van der Waals surface area contributed by atoms with E-state index in [-0.39, 0.29) is 5.91 Å². The molecule has 0 bridgehead atoms. The topological polar surface area (TPSA) is 42.4 Å².